The van der Waals surface area contributed by atoms with Crippen LogP contribution >= 0.6 is 0 Å². The van der Waals surface area contributed by atoms with E-state index in [1.807, 2.05) is 25.1 Å². The molecule has 1 amide bonds. The van der Waals surface area contributed by atoms with Crippen LogP contribution in [0.15, 0.2) is 48.8 Å². The minimum Gasteiger partial charge on any atom is -0.497 e. The molecule has 1 N–H and O–H groups in total. The first-order valence-corrected chi connectivity index (χ1v) is 8.59. The molecule has 29 heavy (non-hydrogen) atoms. The van der Waals surface area contributed by atoms with Gasteiger partial charge < -0.3 is 10.1 Å². The minimum absolute atomic E-state index is 0.0603. The average Bonchev–Trinajstić information content (AvgIpc) is 3.03. The van der Waals surface area contributed by atoms with Gasteiger partial charge in [-0.15, -0.1) is 0 Å². The molecule has 2 aromatic heterocycles. The highest BCUT2D eigenvalue weighted by atomic mass is 19.1. The Labute approximate surface area is 164 Å². The fourth-order valence-corrected chi connectivity index (χ4v) is 2.99. The smallest absolute Gasteiger partial charge is 0.262 e. The highest BCUT2D eigenvalue weighted by Gasteiger charge is 2.18. The van der Waals surface area contributed by atoms with Crippen LogP contribution in [0.3, 0.4) is 0 Å². The van der Waals surface area contributed by atoms with E-state index < -0.39 is 23.1 Å². The molecule has 0 spiro atoms. The Balaban J connectivity index is 1.63. The van der Waals surface area contributed by atoms with E-state index in [0.29, 0.717) is 17.4 Å². The number of hydrogen-bond donors (Lipinski definition) is 1. The molecule has 7 nitrogen and oxygen atoms in total. The molecule has 0 radical (unpaired) electrons. The molecule has 2 aromatic carbocycles. The van der Waals surface area contributed by atoms with Crippen LogP contribution in [0.25, 0.3) is 16.9 Å². The van der Waals surface area contributed by atoms with E-state index >= 15 is 0 Å². The number of aryl methyl sites for hydroxylation is 1. The fraction of sp³-hybridized carbons (Fsp3) is 0.100. The van der Waals surface area contributed by atoms with Gasteiger partial charge in [-0.1, -0.05) is 6.07 Å². The molecule has 4 rings (SSSR count). The summed E-state index contributed by atoms with van der Waals surface area (Å²) in [6, 6.07) is 8.67. The van der Waals surface area contributed by atoms with Crippen molar-refractivity contribution in [2.75, 3.05) is 12.4 Å². The molecule has 0 saturated heterocycles. The van der Waals surface area contributed by atoms with Crippen molar-refractivity contribution in [3.8, 4) is 11.6 Å². The van der Waals surface area contributed by atoms with E-state index in [4.69, 9.17) is 4.74 Å². The van der Waals surface area contributed by atoms with E-state index in [1.54, 1.807) is 11.7 Å². The number of methoxy groups -OCH3 is 1. The first kappa shape index (κ1) is 18.5. The van der Waals surface area contributed by atoms with Gasteiger partial charge in [-0.3, -0.25) is 9.36 Å². The number of carbonyl (C=O) groups is 1. The summed E-state index contributed by atoms with van der Waals surface area (Å²) in [6.45, 7) is 1.82. The van der Waals surface area contributed by atoms with Gasteiger partial charge in [0, 0.05) is 6.07 Å². The number of imidazole rings is 1. The van der Waals surface area contributed by atoms with Gasteiger partial charge >= 0.3 is 0 Å². The molecule has 0 saturated carbocycles. The Morgan fingerprint density at radius 3 is 2.52 bits per heavy atom. The summed E-state index contributed by atoms with van der Waals surface area (Å²) in [4.78, 5) is 25.1. The van der Waals surface area contributed by atoms with E-state index in [9.17, 15) is 13.6 Å². The minimum atomic E-state index is -0.956. The van der Waals surface area contributed by atoms with Crippen LogP contribution in [0.5, 0.6) is 5.75 Å². The van der Waals surface area contributed by atoms with E-state index in [1.165, 1.54) is 18.5 Å². The van der Waals surface area contributed by atoms with Crippen molar-refractivity contribution in [2.24, 2.45) is 0 Å². The first-order chi connectivity index (χ1) is 14.0. The largest absolute Gasteiger partial charge is 0.497 e. The third-order valence-electron chi connectivity index (χ3n) is 4.33. The number of hydrogen-bond acceptors (Lipinski definition) is 5. The molecule has 0 aliphatic heterocycles. The van der Waals surface area contributed by atoms with Gasteiger partial charge in [0.15, 0.2) is 11.6 Å². The summed E-state index contributed by atoms with van der Waals surface area (Å²) in [5, 5.41) is 2.35. The van der Waals surface area contributed by atoms with E-state index in [-0.39, 0.29) is 5.82 Å². The first-order valence-electron chi connectivity index (χ1n) is 8.59. The number of nitrogens with one attached hydrogen (secondary N) is 1. The molecule has 4 aromatic rings. The third-order valence-corrected chi connectivity index (χ3v) is 4.33. The second kappa shape index (κ2) is 7.27. The zero-order valence-electron chi connectivity index (χ0n) is 15.5. The zero-order chi connectivity index (χ0) is 20.5. The van der Waals surface area contributed by atoms with Crippen LogP contribution in [-0.4, -0.2) is 32.5 Å². The van der Waals surface area contributed by atoms with Crippen LogP contribution < -0.4 is 10.1 Å². The van der Waals surface area contributed by atoms with Gasteiger partial charge in [0.2, 0.25) is 0 Å². The van der Waals surface area contributed by atoms with E-state index in [2.05, 4.69) is 20.3 Å². The Morgan fingerprint density at radius 2 is 1.86 bits per heavy atom. The predicted octanol–water partition coefficient (Wildman–Crippen LogP) is 3.66. The van der Waals surface area contributed by atoms with Crippen LogP contribution in [0.4, 0.5) is 14.6 Å². The summed E-state index contributed by atoms with van der Waals surface area (Å²) in [7, 11) is 1.58. The molecule has 0 fully saturated rings. The molecular weight excluding hydrogens is 380 g/mol. The maximum absolute atomic E-state index is 13.7. The lowest BCUT2D eigenvalue weighted by Gasteiger charge is -2.08. The summed E-state index contributed by atoms with van der Waals surface area (Å²) in [6.07, 6.45) is 2.74. The van der Waals surface area contributed by atoms with Crippen LogP contribution in [0.2, 0.25) is 0 Å². The molecule has 0 aliphatic rings. The second-order valence-electron chi connectivity index (χ2n) is 6.16. The lowest BCUT2D eigenvalue weighted by molar-refractivity contribution is 0.101. The van der Waals surface area contributed by atoms with Crippen molar-refractivity contribution in [1.29, 1.82) is 0 Å². The Kier molecular flexibility index (Phi) is 4.63. The summed E-state index contributed by atoms with van der Waals surface area (Å²) < 4.78 is 34.5. The molecule has 0 bridgehead atoms. The maximum atomic E-state index is 13.7. The van der Waals surface area contributed by atoms with Gasteiger partial charge in [0.1, 0.15) is 28.8 Å². The number of nitrogens with zero attached hydrogens (tertiary/aromatic N) is 4. The van der Waals surface area contributed by atoms with Crippen LogP contribution in [0.1, 0.15) is 16.2 Å². The normalized spacial score (nSPS) is 10.9. The van der Waals surface area contributed by atoms with Crippen molar-refractivity contribution in [2.45, 2.75) is 6.92 Å². The highest BCUT2D eigenvalue weighted by Crippen LogP contribution is 2.24. The van der Waals surface area contributed by atoms with Crippen LogP contribution in [-0.2, 0) is 0 Å². The molecular formula is C20H15F2N5O2. The Morgan fingerprint density at radius 1 is 1.10 bits per heavy atom. The Hall–Kier alpha value is -3.88. The average molecular weight is 395 g/mol. The van der Waals surface area contributed by atoms with Gasteiger partial charge in [0.25, 0.3) is 5.91 Å². The predicted molar refractivity (Wildman–Crippen MR) is 102 cm³/mol. The number of aromatic nitrogens is 4. The van der Waals surface area contributed by atoms with Gasteiger partial charge in [-0.2, -0.15) is 0 Å². The van der Waals surface area contributed by atoms with Crippen molar-refractivity contribution >= 4 is 22.8 Å². The molecule has 146 valence electrons. The number of halogens is 2. The number of anilines is 1. The summed E-state index contributed by atoms with van der Waals surface area (Å²) in [5.41, 5.74) is 0.864. The number of fused-ring (bicyclic) bond motifs is 1. The number of benzene rings is 2. The lowest BCUT2D eigenvalue weighted by Crippen LogP contribution is -2.17. The number of amides is 1. The van der Waals surface area contributed by atoms with Gasteiger partial charge in [-0.25, -0.2) is 23.7 Å². The van der Waals surface area contributed by atoms with E-state index in [0.717, 1.165) is 23.2 Å². The maximum Gasteiger partial charge on any atom is 0.262 e. The van der Waals surface area contributed by atoms with Crippen molar-refractivity contribution in [3.63, 3.8) is 0 Å². The zero-order valence-corrected chi connectivity index (χ0v) is 15.5. The number of ether oxygens (including phenoxy) is 1. The fourth-order valence-electron chi connectivity index (χ4n) is 2.99. The van der Waals surface area contributed by atoms with Crippen LogP contribution in [0, 0.1) is 18.6 Å². The monoisotopic (exact) mass is 395 g/mol. The van der Waals surface area contributed by atoms with Crippen molar-refractivity contribution < 1.29 is 18.3 Å². The van der Waals surface area contributed by atoms with Crippen molar-refractivity contribution in [1.82, 2.24) is 19.5 Å². The quantitative estimate of drug-likeness (QED) is 0.570. The number of carbonyl (C=O) groups excluding carboxylic acids is 1. The lowest BCUT2D eigenvalue weighted by atomic mass is 10.2. The summed E-state index contributed by atoms with van der Waals surface area (Å²) >= 11 is 0. The third kappa shape index (κ3) is 3.38. The standard InChI is InChI=1S/C20H15F2N5O2/c1-11-25-15-8-12(29-2)6-7-16(15)27(11)18-10-23-17(9-24-18)26-20(28)19-13(21)4-3-5-14(19)22/h3-10H,1-2H3,(H,23,26,28). The molecule has 0 unspecified atom stereocenters. The second-order valence-corrected chi connectivity index (χ2v) is 6.16. The molecule has 9 heteroatoms. The molecule has 0 aliphatic carbocycles. The molecule has 0 atom stereocenters. The topological polar surface area (TPSA) is 81.9 Å². The SMILES string of the molecule is COc1ccc2c(c1)nc(C)n2-c1cnc(NC(=O)c2c(F)cccc2F)cn1. The van der Waals surface area contributed by atoms with Gasteiger partial charge in [0.05, 0.1) is 30.5 Å². The summed E-state index contributed by atoms with van der Waals surface area (Å²) in [5.74, 6) is -0.945. The van der Waals surface area contributed by atoms with Gasteiger partial charge in [-0.05, 0) is 31.2 Å². The van der Waals surface area contributed by atoms with Crippen molar-refractivity contribution in [3.05, 3.63) is 71.8 Å². The molecule has 2 heterocycles. The highest BCUT2D eigenvalue weighted by molar-refractivity contribution is 6.04. The number of rotatable bonds is 4. The Bertz CT molecular complexity index is 1200.